The molecule has 0 aliphatic carbocycles. The third-order valence-electron chi connectivity index (χ3n) is 4.92. The van der Waals surface area contributed by atoms with E-state index >= 15 is 0 Å². The topological polar surface area (TPSA) is 91.9 Å². The summed E-state index contributed by atoms with van der Waals surface area (Å²) in [4.78, 5) is 12.8. The maximum atomic E-state index is 12.8. The zero-order valence-corrected chi connectivity index (χ0v) is 14.7. The summed E-state index contributed by atoms with van der Waals surface area (Å²) >= 11 is 0. The Balaban J connectivity index is 1.53. The predicted octanol–water partition coefficient (Wildman–Crippen LogP) is 1.79. The second-order valence-corrected chi connectivity index (χ2v) is 6.69. The van der Waals surface area contributed by atoms with Crippen molar-refractivity contribution < 1.29 is 24.0 Å². The van der Waals surface area contributed by atoms with Gasteiger partial charge in [-0.1, -0.05) is 42.5 Å². The van der Waals surface area contributed by atoms with Crippen LogP contribution in [-0.2, 0) is 22.4 Å². The summed E-state index contributed by atoms with van der Waals surface area (Å²) < 4.78 is 11.2. The van der Waals surface area contributed by atoms with Crippen LogP contribution in [0.1, 0.15) is 22.8 Å². The third kappa shape index (κ3) is 3.62. The van der Waals surface area contributed by atoms with E-state index in [4.69, 9.17) is 9.15 Å². The molecule has 1 aliphatic heterocycles. The lowest BCUT2D eigenvalue weighted by molar-refractivity contribution is -0.134. The van der Waals surface area contributed by atoms with Crippen LogP contribution in [0.15, 0.2) is 59.2 Å². The first kappa shape index (κ1) is 17.8. The number of fused-ring (bicyclic) bond motifs is 2. The van der Waals surface area contributed by atoms with Gasteiger partial charge in [0, 0.05) is 5.39 Å². The van der Waals surface area contributed by atoms with Gasteiger partial charge in [0.25, 0.3) is 5.91 Å². The van der Waals surface area contributed by atoms with Gasteiger partial charge in [0.05, 0.1) is 18.8 Å². The highest BCUT2D eigenvalue weighted by Gasteiger charge is 2.32. The number of carbonyl (C=O) groups is 1. The number of hydrogen-bond donors (Lipinski definition) is 3. The van der Waals surface area contributed by atoms with E-state index in [2.05, 4.69) is 5.32 Å². The molecule has 7 heteroatoms. The Kier molecular flexibility index (Phi) is 4.98. The van der Waals surface area contributed by atoms with Gasteiger partial charge in [-0.3, -0.25) is 4.79 Å². The molecule has 4 rings (SSSR count). The monoisotopic (exact) mass is 365 g/mol. The van der Waals surface area contributed by atoms with Crippen molar-refractivity contribution in [3.8, 4) is 0 Å². The van der Waals surface area contributed by atoms with Gasteiger partial charge in [-0.25, -0.2) is 0 Å². The van der Waals surface area contributed by atoms with Crippen molar-refractivity contribution in [2.24, 2.45) is 0 Å². The molecule has 27 heavy (non-hydrogen) atoms. The fourth-order valence-corrected chi connectivity index (χ4v) is 3.53. The van der Waals surface area contributed by atoms with E-state index in [9.17, 15) is 14.8 Å². The molecule has 0 radical (unpaired) electrons. The molecule has 6 nitrogen and oxygen atoms in total. The standard InChI is InChI=1S/C20H20BNO5/c23-20(19-16-7-2-1-5-13(16)9-10-26-19)22-18(21(24)25)11-14-12-27-17-8-4-3-6-15(14)17/h1-8,12,18-19,24-25H,9-11H2,(H,22,23). The van der Waals surface area contributed by atoms with Crippen molar-refractivity contribution in [1.29, 1.82) is 0 Å². The van der Waals surface area contributed by atoms with Gasteiger partial charge >= 0.3 is 7.12 Å². The number of para-hydroxylation sites is 1. The number of rotatable bonds is 5. The van der Waals surface area contributed by atoms with Crippen LogP contribution in [-0.4, -0.2) is 35.6 Å². The zero-order chi connectivity index (χ0) is 18.8. The molecule has 1 amide bonds. The number of nitrogens with one attached hydrogen (secondary N) is 1. The van der Waals surface area contributed by atoms with Gasteiger partial charge in [-0.05, 0) is 35.6 Å². The number of hydrogen-bond acceptors (Lipinski definition) is 5. The molecule has 3 N–H and O–H groups in total. The van der Waals surface area contributed by atoms with Gasteiger partial charge in [-0.15, -0.1) is 0 Å². The largest absolute Gasteiger partial charge is 0.475 e. The summed E-state index contributed by atoms with van der Waals surface area (Å²) in [5, 5.41) is 23.2. The van der Waals surface area contributed by atoms with Crippen molar-refractivity contribution in [1.82, 2.24) is 5.32 Å². The van der Waals surface area contributed by atoms with Crippen LogP contribution >= 0.6 is 0 Å². The molecule has 0 bridgehead atoms. The SMILES string of the molecule is O=C(NC(Cc1coc2ccccc12)B(O)O)C1OCCc2ccccc21. The van der Waals surface area contributed by atoms with E-state index in [1.807, 2.05) is 48.5 Å². The minimum Gasteiger partial charge on any atom is -0.464 e. The molecule has 1 aliphatic rings. The second kappa shape index (κ2) is 7.56. The first-order chi connectivity index (χ1) is 13.1. The van der Waals surface area contributed by atoms with Gasteiger partial charge < -0.3 is 24.5 Å². The van der Waals surface area contributed by atoms with Crippen LogP contribution in [0.5, 0.6) is 0 Å². The normalized spacial score (nSPS) is 17.3. The molecule has 0 saturated carbocycles. The summed E-state index contributed by atoms with van der Waals surface area (Å²) in [7, 11) is -1.71. The summed E-state index contributed by atoms with van der Waals surface area (Å²) in [5.41, 5.74) is 3.41. The van der Waals surface area contributed by atoms with E-state index in [0.717, 1.165) is 34.1 Å². The van der Waals surface area contributed by atoms with Crippen LogP contribution in [0.3, 0.4) is 0 Å². The summed E-state index contributed by atoms with van der Waals surface area (Å²) in [5.74, 6) is -1.26. The van der Waals surface area contributed by atoms with Crippen LogP contribution < -0.4 is 5.32 Å². The van der Waals surface area contributed by atoms with Gasteiger partial charge in [0.2, 0.25) is 0 Å². The Hall–Kier alpha value is -2.61. The Labute approximate surface area is 156 Å². The van der Waals surface area contributed by atoms with E-state index in [-0.39, 0.29) is 12.3 Å². The molecule has 138 valence electrons. The smallest absolute Gasteiger partial charge is 0.464 e. The van der Waals surface area contributed by atoms with Crippen LogP contribution in [0.2, 0.25) is 0 Å². The fourth-order valence-electron chi connectivity index (χ4n) is 3.53. The first-order valence-corrected chi connectivity index (χ1v) is 8.94. The molecule has 0 spiro atoms. The number of furan rings is 1. The predicted molar refractivity (Wildman–Crippen MR) is 101 cm³/mol. The van der Waals surface area contributed by atoms with E-state index in [1.54, 1.807) is 6.26 Å². The van der Waals surface area contributed by atoms with Crippen molar-refractivity contribution in [3.05, 3.63) is 71.5 Å². The van der Waals surface area contributed by atoms with Crippen molar-refractivity contribution in [2.45, 2.75) is 24.9 Å². The minimum absolute atomic E-state index is 0.231. The molecule has 0 saturated heterocycles. The lowest BCUT2D eigenvalue weighted by Gasteiger charge is -2.27. The first-order valence-electron chi connectivity index (χ1n) is 8.94. The Morgan fingerprint density at radius 2 is 1.96 bits per heavy atom. The van der Waals surface area contributed by atoms with E-state index in [0.29, 0.717) is 6.61 Å². The summed E-state index contributed by atoms with van der Waals surface area (Å²) in [6, 6.07) is 15.1. The average molecular weight is 365 g/mol. The summed E-state index contributed by atoms with van der Waals surface area (Å²) in [6.45, 7) is 0.452. The van der Waals surface area contributed by atoms with Crippen molar-refractivity contribution >= 4 is 24.0 Å². The number of amides is 1. The Morgan fingerprint density at radius 3 is 2.81 bits per heavy atom. The zero-order valence-electron chi connectivity index (χ0n) is 14.7. The lowest BCUT2D eigenvalue weighted by atomic mass is 9.75. The van der Waals surface area contributed by atoms with Crippen LogP contribution in [0.25, 0.3) is 11.0 Å². The molecule has 2 heterocycles. The lowest BCUT2D eigenvalue weighted by Crippen LogP contribution is -2.50. The van der Waals surface area contributed by atoms with Crippen LogP contribution in [0.4, 0.5) is 0 Å². The molecule has 1 aromatic heterocycles. The Bertz CT molecular complexity index is 954. The highest BCUT2D eigenvalue weighted by molar-refractivity contribution is 6.43. The summed E-state index contributed by atoms with van der Waals surface area (Å²) in [6.07, 6.45) is 1.82. The Morgan fingerprint density at radius 1 is 1.19 bits per heavy atom. The molecule has 0 fully saturated rings. The van der Waals surface area contributed by atoms with E-state index < -0.39 is 19.2 Å². The van der Waals surface area contributed by atoms with Gasteiger partial charge in [0.15, 0.2) is 6.10 Å². The second-order valence-electron chi connectivity index (χ2n) is 6.69. The molecule has 2 unspecified atom stereocenters. The van der Waals surface area contributed by atoms with Crippen LogP contribution in [0, 0.1) is 0 Å². The third-order valence-corrected chi connectivity index (χ3v) is 4.92. The quantitative estimate of drug-likeness (QED) is 0.600. The minimum atomic E-state index is -1.71. The molecular formula is C20H20BNO5. The highest BCUT2D eigenvalue weighted by atomic mass is 16.5. The number of ether oxygens (including phenoxy) is 1. The van der Waals surface area contributed by atoms with Crippen molar-refractivity contribution in [2.75, 3.05) is 6.61 Å². The number of benzene rings is 2. The highest BCUT2D eigenvalue weighted by Crippen LogP contribution is 2.27. The van der Waals surface area contributed by atoms with Crippen molar-refractivity contribution in [3.63, 3.8) is 0 Å². The maximum Gasteiger partial charge on any atom is 0.475 e. The van der Waals surface area contributed by atoms with Gasteiger partial charge in [-0.2, -0.15) is 0 Å². The maximum absolute atomic E-state index is 12.8. The van der Waals surface area contributed by atoms with E-state index in [1.165, 1.54) is 0 Å². The van der Waals surface area contributed by atoms with Gasteiger partial charge in [0.1, 0.15) is 5.58 Å². The molecule has 2 aromatic carbocycles. The molecule has 3 aromatic rings. The fraction of sp³-hybridized carbons (Fsp3) is 0.250. The molecule has 2 atom stereocenters. The number of carbonyl (C=O) groups excluding carboxylic acids is 1. The average Bonchev–Trinajstić information content (AvgIpc) is 3.10. The molecular weight excluding hydrogens is 345 g/mol.